The van der Waals surface area contributed by atoms with E-state index in [9.17, 15) is 0 Å². The van der Waals surface area contributed by atoms with E-state index in [1.165, 1.54) is 68.9 Å². The molecule has 0 unspecified atom stereocenters. The number of hydrogen-bond acceptors (Lipinski definition) is 3. The maximum absolute atomic E-state index is 2.83. The highest BCUT2D eigenvalue weighted by Gasteiger charge is 2.50. The molecule has 1 aromatic heterocycles. The highest BCUT2D eigenvalue weighted by Crippen LogP contribution is 2.46. The second-order valence-electron chi connectivity index (χ2n) is 16.4. The standard InChI is InChI=1S/C60H42N2SSi/c1-6-19-45(20-7-1)61(46-21-8-2-9-22-46)48-36-33-43(34-37-48)44-35-40-58-54(41-44)60-55(30-18-32-59(60)64(58,50-25-12-4-13-26-50)51-27-14-5-15-28-51)62(47-23-10-3-11-24-47)49-38-39-57-53(42-49)52-29-16-17-31-56(52)63-57/h1-42H. The molecule has 302 valence electrons. The lowest BCUT2D eigenvalue weighted by Gasteiger charge is -2.32. The Kier molecular flexibility index (Phi) is 9.40. The van der Waals surface area contributed by atoms with E-state index in [-0.39, 0.29) is 0 Å². The fourth-order valence-corrected chi connectivity index (χ4v) is 16.4. The zero-order valence-corrected chi connectivity index (χ0v) is 36.9. The van der Waals surface area contributed by atoms with Crippen LogP contribution in [0.2, 0.25) is 0 Å². The highest BCUT2D eigenvalue weighted by molar-refractivity contribution is 7.25. The Morgan fingerprint density at radius 3 is 1.44 bits per heavy atom. The van der Waals surface area contributed by atoms with Crippen molar-refractivity contribution >= 4 is 94.5 Å². The Balaban J connectivity index is 1.09. The number of benzene rings is 10. The minimum atomic E-state index is -2.83. The number of anilines is 6. The molecule has 4 heteroatoms. The van der Waals surface area contributed by atoms with Crippen molar-refractivity contribution in [2.75, 3.05) is 9.80 Å². The van der Waals surface area contributed by atoms with Crippen LogP contribution < -0.4 is 30.5 Å². The molecular formula is C60H42N2SSi. The third kappa shape index (κ3) is 6.22. The SMILES string of the molecule is c1ccc(N(c2ccccc2)c2ccc(-c3ccc4c(c3)-c3c(N(c5ccccc5)c5ccc6sc7ccccc7c6c5)cccc3[Si]4(c3ccccc3)c3ccccc3)cc2)cc1. The number of thiophene rings is 1. The summed E-state index contributed by atoms with van der Waals surface area (Å²) in [5.41, 5.74) is 11.8. The molecule has 0 aliphatic carbocycles. The largest absolute Gasteiger partial charge is 0.311 e. The second kappa shape index (κ2) is 15.9. The summed E-state index contributed by atoms with van der Waals surface area (Å²) in [6.45, 7) is 0. The van der Waals surface area contributed by atoms with Gasteiger partial charge in [-0.25, -0.2) is 0 Å². The highest BCUT2D eigenvalue weighted by atomic mass is 32.1. The molecule has 64 heavy (non-hydrogen) atoms. The number of hydrogen-bond donors (Lipinski definition) is 0. The molecule has 12 rings (SSSR count). The van der Waals surface area contributed by atoms with Crippen LogP contribution in [0.1, 0.15) is 0 Å². The Morgan fingerprint density at radius 1 is 0.312 bits per heavy atom. The lowest BCUT2D eigenvalue weighted by molar-refractivity contribution is 1.28. The van der Waals surface area contributed by atoms with Crippen molar-refractivity contribution in [3.63, 3.8) is 0 Å². The summed E-state index contributed by atoms with van der Waals surface area (Å²) in [5.74, 6) is 0. The van der Waals surface area contributed by atoms with Crippen molar-refractivity contribution in [1.82, 2.24) is 0 Å². The number of nitrogens with zero attached hydrogens (tertiary/aromatic N) is 2. The van der Waals surface area contributed by atoms with Gasteiger partial charge in [0.05, 0.1) is 5.69 Å². The number of rotatable bonds is 9. The average molecular weight is 851 g/mol. The monoisotopic (exact) mass is 850 g/mol. The molecule has 0 atom stereocenters. The molecule has 10 aromatic carbocycles. The van der Waals surface area contributed by atoms with Crippen LogP contribution in [0, 0.1) is 0 Å². The summed E-state index contributed by atoms with van der Waals surface area (Å²) in [6, 6.07) is 94.1. The zero-order chi connectivity index (χ0) is 42.5. The van der Waals surface area contributed by atoms with Crippen molar-refractivity contribution in [3.05, 3.63) is 255 Å². The summed E-state index contributed by atoms with van der Waals surface area (Å²) in [7, 11) is -2.83. The smallest absolute Gasteiger partial charge is 0.180 e. The van der Waals surface area contributed by atoms with Crippen molar-refractivity contribution < 1.29 is 0 Å². The molecular weight excluding hydrogens is 809 g/mol. The molecule has 2 heterocycles. The van der Waals surface area contributed by atoms with Gasteiger partial charge in [-0.2, -0.15) is 0 Å². The molecule has 0 radical (unpaired) electrons. The number of fused-ring (bicyclic) bond motifs is 6. The van der Waals surface area contributed by atoms with Gasteiger partial charge in [-0.15, -0.1) is 11.3 Å². The van der Waals surface area contributed by atoms with Crippen molar-refractivity contribution in [1.29, 1.82) is 0 Å². The van der Waals surface area contributed by atoms with Crippen molar-refractivity contribution in [2.45, 2.75) is 0 Å². The summed E-state index contributed by atoms with van der Waals surface area (Å²) < 4.78 is 2.61. The lowest BCUT2D eigenvalue weighted by atomic mass is 9.97. The third-order valence-corrected chi connectivity index (χ3v) is 18.9. The van der Waals surface area contributed by atoms with Gasteiger partial charge in [-0.3, -0.25) is 0 Å². The first-order chi connectivity index (χ1) is 31.8. The molecule has 0 saturated carbocycles. The van der Waals surface area contributed by atoms with Crippen LogP contribution in [0.15, 0.2) is 255 Å². The maximum atomic E-state index is 2.50. The fourth-order valence-electron chi connectivity index (χ4n) is 10.2. The van der Waals surface area contributed by atoms with Gasteiger partial charge in [0.1, 0.15) is 0 Å². The first-order valence-electron chi connectivity index (χ1n) is 21.9. The van der Waals surface area contributed by atoms with Crippen LogP contribution in [-0.4, -0.2) is 8.07 Å². The van der Waals surface area contributed by atoms with Crippen molar-refractivity contribution in [3.8, 4) is 22.3 Å². The van der Waals surface area contributed by atoms with Crippen LogP contribution in [0.4, 0.5) is 34.1 Å². The summed E-state index contributed by atoms with van der Waals surface area (Å²) in [6.07, 6.45) is 0. The van der Waals surface area contributed by atoms with Gasteiger partial charge in [0.25, 0.3) is 0 Å². The van der Waals surface area contributed by atoms with Crippen LogP contribution in [0.5, 0.6) is 0 Å². The Morgan fingerprint density at radius 2 is 0.812 bits per heavy atom. The first kappa shape index (κ1) is 38.0. The van der Waals surface area contributed by atoms with E-state index < -0.39 is 8.07 Å². The van der Waals surface area contributed by atoms with Gasteiger partial charge in [0.2, 0.25) is 0 Å². The van der Waals surface area contributed by atoms with Crippen LogP contribution in [-0.2, 0) is 0 Å². The van der Waals surface area contributed by atoms with Crippen molar-refractivity contribution in [2.24, 2.45) is 0 Å². The van der Waals surface area contributed by atoms with Gasteiger partial charge in [0.15, 0.2) is 8.07 Å². The Bertz CT molecular complexity index is 3350. The topological polar surface area (TPSA) is 6.48 Å². The van der Waals surface area contributed by atoms with Crippen LogP contribution in [0.3, 0.4) is 0 Å². The molecule has 11 aromatic rings. The Hall–Kier alpha value is -7.76. The van der Waals surface area contributed by atoms with Gasteiger partial charge in [-0.1, -0.05) is 170 Å². The summed E-state index contributed by atoms with van der Waals surface area (Å²) >= 11 is 1.86. The molecule has 0 bridgehead atoms. The third-order valence-electron chi connectivity index (χ3n) is 12.9. The normalized spacial score (nSPS) is 12.5. The minimum Gasteiger partial charge on any atom is -0.311 e. The molecule has 0 saturated heterocycles. The van der Waals surface area contributed by atoms with Gasteiger partial charge in [0, 0.05) is 54.2 Å². The van der Waals surface area contributed by atoms with E-state index >= 15 is 0 Å². The van der Waals surface area contributed by atoms with Gasteiger partial charge >= 0.3 is 0 Å². The predicted octanol–water partition coefficient (Wildman–Crippen LogP) is 14.0. The van der Waals surface area contributed by atoms with E-state index in [2.05, 4.69) is 265 Å². The van der Waals surface area contributed by atoms with E-state index in [1.807, 2.05) is 11.3 Å². The molecule has 0 fully saturated rings. The molecule has 0 amide bonds. The van der Waals surface area contributed by atoms with E-state index in [4.69, 9.17) is 0 Å². The summed E-state index contributed by atoms with van der Waals surface area (Å²) in [5, 5.41) is 8.18. The lowest BCUT2D eigenvalue weighted by Crippen LogP contribution is -2.72. The second-order valence-corrected chi connectivity index (χ2v) is 21.3. The molecule has 2 nitrogen and oxygen atoms in total. The minimum absolute atomic E-state index is 1.11. The fraction of sp³-hybridized carbons (Fsp3) is 0. The number of para-hydroxylation sites is 3. The van der Waals surface area contributed by atoms with Gasteiger partial charge in [-0.05, 0) is 122 Å². The van der Waals surface area contributed by atoms with Gasteiger partial charge < -0.3 is 9.80 Å². The maximum Gasteiger partial charge on any atom is 0.180 e. The predicted molar refractivity (Wildman–Crippen MR) is 277 cm³/mol. The molecule has 1 aliphatic rings. The van der Waals surface area contributed by atoms with E-state index in [1.54, 1.807) is 0 Å². The zero-order valence-electron chi connectivity index (χ0n) is 35.1. The first-order valence-corrected chi connectivity index (χ1v) is 24.7. The molecule has 1 aliphatic heterocycles. The quantitative estimate of drug-likeness (QED) is 0.134. The van der Waals surface area contributed by atoms with Crippen LogP contribution >= 0.6 is 11.3 Å². The summed E-state index contributed by atoms with van der Waals surface area (Å²) in [4.78, 5) is 4.82. The molecule has 0 spiro atoms. The Labute approximate surface area is 379 Å². The molecule has 0 N–H and O–H groups in total. The van der Waals surface area contributed by atoms with E-state index in [0.29, 0.717) is 0 Å². The average Bonchev–Trinajstić information content (AvgIpc) is 3.90. The van der Waals surface area contributed by atoms with E-state index in [0.717, 1.165) is 28.4 Å². The van der Waals surface area contributed by atoms with Crippen LogP contribution in [0.25, 0.3) is 42.4 Å².